The first-order chi connectivity index (χ1) is 13.7. The number of methoxy groups -OCH3 is 1. The monoisotopic (exact) mass is 395 g/mol. The molecule has 5 heteroatoms. The van der Waals surface area contributed by atoms with Crippen LogP contribution in [0.1, 0.15) is 34.9 Å². The lowest BCUT2D eigenvalue weighted by Gasteiger charge is -2.29. The zero-order valence-electron chi connectivity index (χ0n) is 16.3. The number of piperidine rings is 1. The number of aromatic nitrogens is 1. The zero-order chi connectivity index (χ0) is 19.5. The Morgan fingerprint density at radius 2 is 2.21 bits per heavy atom. The molecule has 0 aliphatic carbocycles. The van der Waals surface area contributed by atoms with Crippen molar-refractivity contribution in [2.24, 2.45) is 0 Å². The molecule has 4 nitrogen and oxygen atoms in total. The number of quaternary nitrogens is 1. The fourth-order valence-electron chi connectivity index (χ4n) is 4.16. The van der Waals surface area contributed by atoms with Crippen LogP contribution in [0.15, 0.2) is 49.1 Å². The summed E-state index contributed by atoms with van der Waals surface area (Å²) in [7, 11) is 1.60. The lowest BCUT2D eigenvalue weighted by molar-refractivity contribution is -0.920. The maximum Gasteiger partial charge on any atom is 0.166 e. The van der Waals surface area contributed by atoms with Crippen molar-refractivity contribution in [2.75, 3.05) is 20.2 Å². The predicted octanol–water partition coefficient (Wildman–Crippen LogP) is 3.70. The normalized spacial score (nSPS) is 19.6. The van der Waals surface area contributed by atoms with Gasteiger partial charge in [0.1, 0.15) is 11.6 Å². The summed E-state index contributed by atoms with van der Waals surface area (Å²) in [6.45, 7) is 6.80. The second kappa shape index (κ2) is 8.33. The fourth-order valence-corrected chi connectivity index (χ4v) is 5.26. The van der Waals surface area contributed by atoms with Crippen LogP contribution in [0.2, 0.25) is 0 Å². The molecular formula is C23H27N2O2S+. The Bertz CT molecular complexity index is 949. The van der Waals surface area contributed by atoms with Crippen molar-refractivity contribution in [3.05, 3.63) is 65.2 Å². The minimum absolute atomic E-state index is 0.268. The summed E-state index contributed by atoms with van der Waals surface area (Å²) in [5.74, 6) is 1.31. The number of fused-ring (bicyclic) bond motifs is 1. The molecule has 0 spiro atoms. The van der Waals surface area contributed by atoms with Gasteiger partial charge >= 0.3 is 0 Å². The first-order valence-electron chi connectivity index (χ1n) is 9.86. The van der Waals surface area contributed by atoms with Crippen LogP contribution in [0.3, 0.4) is 0 Å². The van der Waals surface area contributed by atoms with Gasteiger partial charge in [0.05, 0.1) is 41.9 Å². The highest BCUT2D eigenvalue weighted by Gasteiger charge is 2.28. The SMILES string of the molecule is C=CCc1cc(C[NH+]2CCC[C@@H](c3nc4ccccc4s3)C2)c(O)c(OC)c1. The van der Waals surface area contributed by atoms with Crippen LogP contribution >= 0.6 is 11.3 Å². The minimum atomic E-state index is 0.268. The van der Waals surface area contributed by atoms with Crippen LogP contribution in [0.4, 0.5) is 0 Å². The number of hydrogen-bond donors (Lipinski definition) is 2. The van der Waals surface area contributed by atoms with Crippen LogP contribution in [-0.2, 0) is 13.0 Å². The van der Waals surface area contributed by atoms with E-state index in [0.29, 0.717) is 11.7 Å². The number of para-hydroxylation sites is 1. The molecule has 146 valence electrons. The number of hydrogen-bond acceptors (Lipinski definition) is 4. The Hall–Kier alpha value is -2.37. The number of rotatable bonds is 6. The Labute approximate surface area is 170 Å². The summed E-state index contributed by atoms with van der Waals surface area (Å²) < 4.78 is 6.65. The van der Waals surface area contributed by atoms with E-state index in [1.165, 1.54) is 27.4 Å². The third kappa shape index (κ3) is 3.91. The van der Waals surface area contributed by atoms with Gasteiger partial charge in [-0.25, -0.2) is 4.98 Å². The van der Waals surface area contributed by atoms with Crippen molar-refractivity contribution >= 4 is 21.6 Å². The number of nitrogens with zero attached hydrogens (tertiary/aromatic N) is 1. The van der Waals surface area contributed by atoms with Gasteiger partial charge in [-0.15, -0.1) is 17.9 Å². The first-order valence-corrected chi connectivity index (χ1v) is 10.7. The molecule has 0 bridgehead atoms. The third-order valence-electron chi connectivity index (χ3n) is 5.53. The molecule has 1 aliphatic heterocycles. The maximum atomic E-state index is 10.6. The fraction of sp³-hybridized carbons (Fsp3) is 0.348. The quantitative estimate of drug-likeness (QED) is 0.626. The number of phenols is 1. The van der Waals surface area contributed by atoms with Crippen molar-refractivity contribution in [3.63, 3.8) is 0 Å². The second-order valence-corrected chi connectivity index (χ2v) is 8.60. The van der Waals surface area contributed by atoms with Gasteiger partial charge in [0.15, 0.2) is 11.5 Å². The molecule has 1 aliphatic rings. The number of nitrogens with one attached hydrogen (secondary N) is 1. The van der Waals surface area contributed by atoms with Gasteiger partial charge in [0.25, 0.3) is 0 Å². The van der Waals surface area contributed by atoms with E-state index in [4.69, 9.17) is 9.72 Å². The van der Waals surface area contributed by atoms with Crippen molar-refractivity contribution in [3.8, 4) is 11.5 Å². The smallest absolute Gasteiger partial charge is 0.166 e. The maximum absolute atomic E-state index is 10.6. The first kappa shape index (κ1) is 19.0. The highest BCUT2D eigenvalue weighted by molar-refractivity contribution is 7.18. The number of likely N-dealkylation sites (tertiary alicyclic amines) is 1. The molecule has 1 aromatic heterocycles. The summed E-state index contributed by atoms with van der Waals surface area (Å²) in [6.07, 6.45) is 5.02. The number of benzene rings is 2. The summed E-state index contributed by atoms with van der Waals surface area (Å²) in [5.41, 5.74) is 3.18. The van der Waals surface area contributed by atoms with Crippen molar-refractivity contribution in [1.82, 2.24) is 4.98 Å². The minimum Gasteiger partial charge on any atom is -0.504 e. The summed E-state index contributed by atoms with van der Waals surface area (Å²) in [5, 5.41) is 11.9. The lowest BCUT2D eigenvalue weighted by atomic mass is 9.97. The van der Waals surface area contributed by atoms with Crippen LogP contribution in [0.25, 0.3) is 10.2 Å². The molecule has 28 heavy (non-hydrogen) atoms. The van der Waals surface area contributed by atoms with Gasteiger partial charge < -0.3 is 14.7 Å². The molecule has 2 heterocycles. The Morgan fingerprint density at radius 3 is 3.00 bits per heavy atom. The predicted molar refractivity (Wildman–Crippen MR) is 115 cm³/mol. The average molecular weight is 396 g/mol. The molecular weight excluding hydrogens is 368 g/mol. The number of thiazole rings is 1. The van der Waals surface area contributed by atoms with Crippen molar-refractivity contribution < 1.29 is 14.7 Å². The molecule has 1 unspecified atom stereocenters. The Morgan fingerprint density at radius 1 is 1.36 bits per heavy atom. The Kier molecular flexibility index (Phi) is 5.64. The van der Waals surface area contributed by atoms with Crippen LogP contribution in [0.5, 0.6) is 11.5 Å². The van der Waals surface area contributed by atoms with E-state index in [0.717, 1.165) is 42.7 Å². The molecule has 2 aromatic carbocycles. The molecule has 1 saturated heterocycles. The Balaban J connectivity index is 1.53. The molecule has 2 atom stereocenters. The molecule has 3 aromatic rings. The summed E-state index contributed by atoms with van der Waals surface area (Å²) in [4.78, 5) is 6.38. The molecule has 0 amide bonds. The summed E-state index contributed by atoms with van der Waals surface area (Å²) in [6, 6.07) is 12.4. The standard InChI is InChI=1S/C23H26N2O2S/c1-3-7-16-12-18(22(26)20(13-16)27-2)15-25-11-6-8-17(14-25)23-24-19-9-4-5-10-21(19)28-23/h3-5,9-10,12-13,17,26H,1,6-8,11,14-15H2,2H3/p+1/t17-/m1/s1. The van der Waals surface area contributed by atoms with E-state index in [9.17, 15) is 5.11 Å². The molecule has 0 saturated carbocycles. The lowest BCUT2D eigenvalue weighted by Crippen LogP contribution is -3.12. The highest BCUT2D eigenvalue weighted by Crippen LogP contribution is 2.33. The van der Waals surface area contributed by atoms with Gasteiger partial charge in [-0.3, -0.25) is 0 Å². The largest absolute Gasteiger partial charge is 0.504 e. The van der Waals surface area contributed by atoms with Crippen molar-refractivity contribution in [2.45, 2.75) is 31.7 Å². The van der Waals surface area contributed by atoms with Crippen LogP contribution < -0.4 is 9.64 Å². The van der Waals surface area contributed by atoms with Crippen molar-refractivity contribution in [1.29, 1.82) is 0 Å². The van der Waals surface area contributed by atoms with E-state index in [-0.39, 0.29) is 5.75 Å². The summed E-state index contributed by atoms with van der Waals surface area (Å²) >= 11 is 1.83. The van der Waals surface area contributed by atoms with Crippen LogP contribution in [-0.4, -0.2) is 30.3 Å². The van der Waals surface area contributed by atoms with E-state index < -0.39 is 0 Å². The van der Waals surface area contributed by atoms with Gasteiger partial charge in [-0.2, -0.15) is 0 Å². The average Bonchev–Trinajstić information content (AvgIpc) is 3.15. The van der Waals surface area contributed by atoms with Gasteiger partial charge in [0, 0.05) is 0 Å². The number of allylic oxidation sites excluding steroid dienone is 1. The van der Waals surface area contributed by atoms with E-state index in [1.54, 1.807) is 7.11 Å². The van der Waals surface area contributed by atoms with Gasteiger partial charge in [0.2, 0.25) is 0 Å². The van der Waals surface area contributed by atoms with Gasteiger partial charge in [-0.05, 0) is 49.1 Å². The molecule has 4 rings (SSSR count). The zero-order valence-corrected chi connectivity index (χ0v) is 17.1. The highest BCUT2D eigenvalue weighted by atomic mass is 32.1. The van der Waals surface area contributed by atoms with Gasteiger partial charge in [-0.1, -0.05) is 18.2 Å². The van der Waals surface area contributed by atoms with E-state index in [2.05, 4.69) is 36.9 Å². The number of ether oxygens (including phenoxy) is 1. The topological polar surface area (TPSA) is 46.8 Å². The number of phenolic OH excluding ortho intramolecular Hbond substituents is 1. The molecule has 1 fully saturated rings. The second-order valence-electron chi connectivity index (χ2n) is 7.54. The molecule has 2 N–H and O–H groups in total. The van der Waals surface area contributed by atoms with E-state index >= 15 is 0 Å². The van der Waals surface area contributed by atoms with E-state index in [1.807, 2.05) is 23.5 Å². The molecule has 0 radical (unpaired) electrons. The third-order valence-corrected chi connectivity index (χ3v) is 6.73. The van der Waals surface area contributed by atoms with Crippen LogP contribution in [0, 0.1) is 0 Å². The number of aromatic hydroxyl groups is 1.